The van der Waals surface area contributed by atoms with Crippen molar-refractivity contribution >= 4 is 17.3 Å². The van der Waals surface area contributed by atoms with Crippen LogP contribution in [0.25, 0.3) is 0 Å². The molecule has 0 aromatic heterocycles. The van der Waals surface area contributed by atoms with Crippen LogP contribution in [0.3, 0.4) is 0 Å². The number of piperidine rings is 1. The first kappa shape index (κ1) is 14.3. The van der Waals surface area contributed by atoms with E-state index in [9.17, 15) is 20.0 Å². The number of anilines is 1. The van der Waals surface area contributed by atoms with Crippen LogP contribution in [0.2, 0.25) is 0 Å². The van der Waals surface area contributed by atoms with Gasteiger partial charge in [-0.1, -0.05) is 6.07 Å². The first-order valence-electron chi connectivity index (χ1n) is 6.57. The summed E-state index contributed by atoms with van der Waals surface area (Å²) < 4.78 is 0. The lowest BCUT2D eigenvalue weighted by atomic mass is 9.81. The average molecular weight is 278 g/mol. The quantitative estimate of drug-likeness (QED) is 0.678. The number of rotatable bonds is 3. The average Bonchev–Trinajstić information content (AvgIpc) is 2.38. The van der Waals surface area contributed by atoms with E-state index in [0.717, 1.165) is 18.7 Å². The number of hydrogen-bond acceptors (Lipinski definition) is 4. The molecule has 0 bridgehead atoms. The molecule has 0 saturated carbocycles. The van der Waals surface area contributed by atoms with E-state index in [1.165, 1.54) is 6.07 Å². The number of carboxylic acids is 1. The molecule has 1 aromatic rings. The van der Waals surface area contributed by atoms with Gasteiger partial charge in [0.05, 0.1) is 15.9 Å². The Labute approximate surface area is 117 Å². The van der Waals surface area contributed by atoms with Crippen molar-refractivity contribution in [1.29, 1.82) is 0 Å². The van der Waals surface area contributed by atoms with Gasteiger partial charge in [0.25, 0.3) is 5.69 Å². The van der Waals surface area contributed by atoms with Gasteiger partial charge < -0.3 is 10.0 Å². The van der Waals surface area contributed by atoms with E-state index in [1.54, 1.807) is 19.9 Å². The number of hydrogen-bond donors (Lipinski definition) is 1. The Bertz CT molecular complexity index is 558. The van der Waals surface area contributed by atoms with E-state index in [1.807, 2.05) is 11.0 Å². The van der Waals surface area contributed by atoms with E-state index in [4.69, 9.17) is 0 Å². The standard InChI is InChI=1S/C14H18N2O4/c1-10-11(5-3-6-12(10)16(19)20)15-8-4-7-14(2,9-15)13(17)18/h3,5-6H,4,7-9H2,1-2H3,(H,17,18). The molecule has 0 aliphatic carbocycles. The first-order chi connectivity index (χ1) is 9.35. The van der Waals surface area contributed by atoms with Crippen molar-refractivity contribution in [1.82, 2.24) is 0 Å². The topological polar surface area (TPSA) is 83.7 Å². The largest absolute Gasteiger partial charge is 0.481 e. The lowest BCUT2D eigenvalue weighted by Gasteiger charge is -2.39. The molecule has 6 nitrogen and oxygen atoms in total. The van der Waals surface area contributed by atoms with Crippen molar-refractivity contribution in [2.24, 2.45) is 5.41 Å². The highest BCUT2D eigenvalue weighted by Crippen LogP contribution is 2.35. The minimum absolute atomic E-state index is 0.0742. The zero-order valence-electron chi connectivity index (χ0n) is 11.6. The van der Waals surface area contributed by atoms with Crippen molar-refractivity contribution in [3.8, 4) is 0 Å². The highest BCUT2D eigenvalue weighted by molar-refractivity contribution is 5.76. The van der Waals surface area contributed by atoms with Gasteiger partial charge in [-0.15, -0.1) is 0 Å². The fraction of sp³-hybridized carbons (Fsp3) is 0.500. The molecule has 1 unspecified atom stereocenters. The lowest BCUT2D eigenvalue weighted by molar-refractivity contribution is -0.385. The summed E-state index contributed by atoms with van der Waals surface area (Å²) in [6, 6.07) is 4.93. The van der Waals surface area contributed by atoms with Crippen molar-refractivity contribution in [2.45, 2.75) is 26.7 Å². The Morgan fingerprint density at radius 1 is 1.50 bits per heavy atom. The second-order valence-corrected chi connectivity index (χ2v) is 5.57. The SMILES string of the molecule is Cc1c(N2CCCC(C)(C(=O)O)C2)cccc1[N+](=O)[O-]. The number of carbonyl (C=O) groups is 1. The number of nitro groups is 1. The van der Waals surface area contributed by atoms with Gasteiger partial charge in [0.2, 0.25) is 0 Å². The Kier molecular flexibility index (Phi) is 3.65. The van der Waals surface area contributed by atoms with Crippen molar-refractivity contribution < 1.29 is 14.8 Å². The monoisotopic (exact) mass is 278 g/mol. The lowest BCUT2D eigenvalue weighted by Crippen LogP contribution is -2.46. The Balaban J connectivity index is 2.35. The van der Waals surface area contributed by atoms with Crippen LogP contribution < -0.4 is 4.90 Å². The summed E-state index contributed by atoms with van der Waals surface area (Å²) in [6.45, 7) is 4.55. The third-order valence-corrected chi connectivity index (χ3v) is 4.03. The molecule has 1 N–H and O–H groups in total. The van der Waals surface area contributed by atoms with Gasteiger partial charge in [-0.25, -0.2) is 0 Å². The minimum Gasteiger partial charge on any atom is -0.481 e. The Morgan fingerprint density at radius 3 is 2.80 bits per heavy atom. The molecule has 0 radical (unpaired) electrons. The molecule has 0 amide bonds. The van der Waals surface area contributed by atoms with Gasteiger partial charge in [0.15, 0.2) is 0 Å². The van der Waals surface area contributed by atoms with E-state index in [2.05, 4.69) is 0 Å². The van der Waals surface area contributed by atoms with Crippen LogP contribution in [0.15, 0.2) is 18.2 Å². The summed E-state index contributed by atoms with van der Waals surface area (Å²) in [7, 11) is 0. The normalized spacial score (nSPS) is 22.6. The van der Waals surface area contributed by atoms with Crippen molar-refractivity contribution in [3.05, 3.63) is 33.9 Å². The van der Waals surface area contributed by atoms with Crippen molar-refractivity contribution in [2.75, 3.05) is 18.0 Å². The third kappa shape index (κ3) is 2.45. The minimum atomic E-state index is -0.815. The summed E-state index contributed by atoms with van der Waals surface area (Å²) in [5.41, 5.74) is 0.624. The number of carboxylic acid groups (broad SMARTS) is 1. The molecule has 1 heterocycles. The summed E-state index contributed by atoms with van der Waals surface area (Å²) in [5, 5.41) is 20.3. The van der Waals surface area contributed by atoms with Crippen LogP contribution in [0.1, 0.15) is 25.3 Å². The Morgan fingerprint density at radius 2 is 2.20 bits per heavy atom. The summed E-state index contributed by atoms with van der Waals surface area (Å²) >= 11 is 0. The molecular weight excluding hydrogens is 260 g/mol. The fourth-order valence-electron chi connectivity index (χ4n) is 2.77. The van der Waals surface area contributed by atoms with Crippen LogP contribution >= 0.6 is 0 Å². The third-order valence-electron chi connectivity index (χ3n) is 4.03. The number of benzene rings is 1. The van der Waals surface area contributed by atoms with Crippen LogP contribution in [0, 0.1) is 22.5 Å². The number of aliphatic carboxylic acids is 1. The van der Waals surface area contributed by atoms with Crippen LogP contribution in [-0.4, -0.2) is 29.1 Å². The predicted molar refractivity (Wildman–Crippen MR) is 75.0 cm³/mol. The number of nitro benzene ring substituents is 1. The summed E-state index contributed by atoms with van der Waals surface area (Å²) in [6.07, 6.45) is 1.40. The molecule has 1 saturated heterocycles. The summed E-state index contributed by atoms with van der Waals surface area (Å²) in [4.78, 5) is 23.9. The van der Waals surface area contributed by atoms with Gasteiger partial charge in [-0.05, 0) is 32.8 Å². The highest BCUT2D eigenvalue weighted by Gasteiger charge is 2.38. The van der Waals surface area contributed by atoms with Crippen molar-refractivity contribution in [3.63, 3.8) is 0 Å². The highest BCUT2D eigenvalue weighted by atomic mass is 16.6. The molecule has 108 valence electrons. The van der Waals surface area contributed by atoms with Gasteiger partial charge in [0, 0.05) is 24.8 Å². The first-order valence-corrected chi connectivity index (χ1v) is 6.57. The smallest absolute Gasteiger partial charge is 0.311 e. The maximum Gasteiger partial charge on any atom is 0.311 e. The number of nitrogens with zero attached hydrogens (tertiary/aromatic N) is 2. The molecule has 20 heavy (non-hydrogen) atoms. The maximum atomic E-state index is 11.4. The fourth-order valence-corrected chi connectivity index (χ4v) is 2.77. The van der Waals surface area contributed by atoms with E-state index < -0.39 is 16.3 Å². The van der Waals surface area contributed by atoms with Crippen LogP contribution in [0.5, 0.6) is 0 Å². The van der Waals surface area contributed by atoms with E-state index >= 15 is 0 Å². The van der Waals surface area contributed by atoms with E-state index in [0.29, 0.717) is 18.5 Å². The molecule has 0 spiro atoms. The Hall–Kier alpha value is -2.11. The summed E-state index contributed by atoms with van der Waals surface area (Å²) in [5.74, 6) is -0.815. The van der Waals surface area contributed by atoms with Crippen LogP contribution in [0.4, 0.5) is 11.4 Å². The van der Waals surface area contributed by atoms with Gasteiger partial charge in [-0.2, -0.15) is 0 Å². The molecule has 1 aliphatic heterocycles. The van der Waals surface area contributed by atoms with Crippen LogP contribution in [-0.2, 0) is 4.79 Å². The molecule has 1 aliphatic rings. The molecule has 1 aromatic carbocycles. The maximum absolute atomic E-state index is 11.4. The molecule has 6 heteroatoms. The van der Waals surface area contributed by atoms with Gasteiger partial charge in [-0.3, -0.25) is 14.9 Å². The zero-order chi connectivity index (χ0) is 14.9. The molecule has 1 fully saturated rings. The molecule has 1 atom stereocenters. The second kappa shape index (κ2) is 5.11. The zero-order valence-corrected chi connectivity index (χ0v) is 11.6. The molecular formula is C14H18N2O4. The van der Waals surface area contributed by atoms with Gasteiger partial charge in [0.1, 0.15) is 0 Å². The predicted octanol–water partition coefficient (Wildman–Crippen LogP) is 2.59. The second-order valence-electron chi connectivity index (χ2n) is 5.57. The molecule has 2 rings (SSSR count). The van der Waals surface area contributed by atoms with Gasteiger partial charge >= 0.3 is 5.97 Å². The van der Waals surface area contributed by atoms with E-state index in [-0.39, 0.29) is 5.69 Å².